The lowest BCUT2D eigenvalue weighted by molar-refractivity contribution is -0.123. The highest BCUT2D eigenvalue weighted by molar-refractivity contribution is 7.80. The Morgan fingerprint density at radius 1 is 1.11 bits per heavy atom. The molecule has 0 aliphatic rings. The molecule has 142 valence electrons. The first kappa shape index (κ1) is 20.7. The van der Waals surface area contributed by atoms with E-state index in [1.807, 2.05) is 24.3 Å². The fourth-order valence-electron chi connectivity index (χ4n) is 2.10. The molecule has 0 bridgehead atoms. The quantitative estimate of drug-likeness (QED) is 0.526. The molecule has 2 rings (SSSR count). The first-order chi connectivity index (χ1) is 12.8. The van der Waals surface area contributed by atoms with Crippen LogP contribution in [0.15, 0.2) is 48.5 Å². The summed E-state index contributed by atoms with van der Waals surface area (Å²) in [6.45, 7) is 4.00. The van der Waals surface area contributed by atoms with Crippen LogP contribution < -0.4 is 20.9 Å². The van der Waals surface area contributed by atoms with Gasteiger partial charge in [0.15, 0.2) is 11.7 Å². The van der Waals surface area contributed by atoms with Crippen LogP contribution >= 0.6 is 23.8 Å². The molecular weight excluding hydrogens is 386 g/mol. The van der Waals surface area contributed by atoms with Crippen molar-refractivity contribution in [2.75, 3.05) is 6.61 Å². The molecule has 0 saturated carbocycles. The smallest absolute Gasteiger partial charge is 0.276 e. The van der Waals surface area contributed by atoms with Gasteiger partial charge >= 0.3 is 0 Å². The first-order valence-electron chi connectivity index (χ1n) is 8.23. The Morgan fingerprint density at radius 2 is 1.81 bits per heavy atom. The van der Waals surface area contributed by atoms with E-state index in [9.17, 15) is 9.59 Å². The second kappa shape index (κ2) is 9.89. The Morgan fingerprint density at radius 3 is 2.44 bits per heavy atom. The molecule has 3 N–H and O–H groups in total. The number of halogens is 1. The zero-order valence-corrected chi connectivity index (χ0v) is 16.5. The number of nitrogens with one attached hydrogen (secondary N) is 3. The standard InChI is InChI=1S/C19H20ClN3O3S/c1-12(2)13-6-8-16(9-7-13)26-11-17(24)22-23-19(27)21-18(25)14-4-3-5-15(20)10-14/h3-10,12H,11H2,1-2H3,(H,22,24)(H2,21,23,25,27). The van der Waals surface area contributed by atoms with Crippen molar-refractivity contribution in [3.05, 3.63) is 64.7 Å². The minimum absolute atomic E-state index is 0.0467. The molecule has 0 spiro atoms. The van der Waals surface area contributed by atoms with Gasteiger partial charge in [-0.05, 0) is 54.0 Å². The molecule has 0 heterocycles. The summed E-state index contributed by atoms with van der Waals surface area (Å²) in [6.07, 6.45) is 0. The molecule has 6 nitrogen and oxygen atoms in total. The van der Waals surface area contributed by atoms with Crippen LogP contribution in [-0.2, 0) is 4.79 Å². The van der Waals surface area contributed by atoms with Crippen LogP contribution in [0.4, 0.5) is 0 Å². The van der Waals surface area contributed by atoms with E-state index >= 15 is 0 Å². The van der Waals surface area contributed by atoms with Crippen LogP contribution in [0.2, 0.25) is 5.02 Å². The number of rotatable bonds is 5. The van der Waals surface area contributed by atoms with E-state index < -0.39 is 11.8 Å². The zero-order chi connectivity index (χ0) is 19.8. The minimum Gasteiger partial charge on any atom is -0.484 e. The lowest BCUT2D eigenvalue weighted by Gasteiger charge is -2.12. The van der Waals surface area contributed by atoms with Gasteiger partial charge in [0.05, 0.1) is 0 Å². The second-order valence-electron chi connectivity index (χ2n) is 5.98. The van der Waals surface area contributed by atoms with Gasteiger partial charge in [0.2, 0.25) is 0 Å². The number of carbonyl (C=O) groups excluding carboxylic acids is 2. The average molecular weight is 406 g/mol. The van der Waals surface area contributed by atoms with Crippen LogP contribution in [0.5, 0.6) is 5.75 Å². The highest BCUT2D eigenvalue weighted by Gasteiger charge is 2.09. The van der Waals surface area contributed by atoms with Crippen molar-refractivity contribution in [3.63, 3.8) is 0 Å². The summed E-state index contributed by atoms with van der Waals surface area (Å²) in [5, 5.41) is 2.83. The van der Waals surface area contributed by atoms with E-state index in [0.29, 0.717) is 22.3 Å². The maximum absolute atomic E-state index is 12.0. The SMILES string of the molecule is CC(C)c1ccc(OCC(=O)NNC(=S)NC(=O)c2cccc(Cl)c2)cc1. The van der Waals surface area contributed by atoms with E-state index in [1.165, 1.54) is 11.6 Å². The summed E-state index contributed by atoms with van der Waals surface area (Å²) in [7, 11) is 0. The van der Waals surface area contributed by atoms with Crippen molar-refractivity contribution in [2.24, 2.45) is 0 Å². The number of amides is 2. The third kappa shape index (κ3) is 6.88. The van der Waals surface area contributed by atoms with Gasteiger partial charge in [-0.15, -0.1) is 0 Å². The fourth-order valence-corrected chi connectivity index (χ4v) is 2.43. The summed E-state index contributed by atoms with van der Waals surface area (Å²) >= 11 is 10.8. The van der Waals surface area contributed by atoms with Gasteiger partial charge in [0.1, 0.15) is 5.75 Å². The lowest BCUT2D eigenvalue weighted by atomic mass is 10.0. The summed E-state index contributed by atoms with van der Waals surface area (Å²) < 4.78 is 5.40. The van der Waals surface area contributed by atoms with Gasteiger partial charge in [0, 0.05) is 10.6 Å². The molecule has 0 aliphatic heterocycles. The van der Waals surface area contributed by atoms with Gasteiger partial charge in [-0.1, -0.05) is 43.6 Å². The van der Waals surface area contributed by atoms with Crippen molar-refractivity contribution in [1.29, 1.82) is 0 Å². The van der Waals surface area contributed by atoms with Gasteiger partial charge in [0.25, 0.3) is 11.8 Å². The van der Waals surface area contributed by atoms with E-state index in [0.717, 1.165) is 0 Å². The number of thiocarbonyl (C=S) groups is 1. The molecule has 8 heteroatoms. The molecule has 27 heavy (non-hydrogen) atoms. The summed E-state index contributed by atoms with van der Waals surface area (Å²) in [6, 6.07) is 14.0. The van der Waals surface area contributed by atoms with E-state index in [2.05, 4.69) is 30.0 Å². The predicted octanol–water partition coefficient (Wildman–Crippen LogP) is 3.18. The third-order valence-corrected chi connectivity index (χ3v) is 3.99. The van der Waals surface area contributed by atoms with Crippen LogP contribution in [0.25, 0.3) is 0 Å². The fraction of sp³-hybridized carbons (Fsp3) is 0.211. The minimum atomic E-state index is -0.442. The van der Waals surface area contributed by atoms with Crippen molar-refractivity contribution in [3.8, 4) is 5.75 Å². The largest absolute Gasteiger partial charge is 0.484 e. The topological polar surface area (TPSA) is 79.5 Å². The molecule has 2 aromatic rings. The number of benzene rings is 2. The molecule has 0 unspecified atom stereocenters. The van der Waals surface area contributed by atoms with Crippen LogP contribution in [0.1, 0.15) is 35.7 Å². The zero-order valence-electron chi connectivity index (χ0n) is 14.9. The second-order valence-corrected chi connectivity index (χ2v) is 6.82. The Balaban J connectivity index is 1.73. The van der Waals surface area contributed by atoms with Crippen molar-refractivity contribution in [2.45, 2.75) is 19.8 Å². The lowest BCUT2D eigenvalue weighted by Crippen LogP contribution is -2.49. The third-order valence-electron chi connectivity index (χ3n) is 3.55. The summed E-state index contributed by atoms with van der Waals surface area (Å²) in [5.41, 5.74) is 6.34. The van der Waals surface area contributed by atoms with Crippen LogP contribution in [0, 0.1) is 0 Å². The molecule has 0 aliphatic carbocycles. The molecular formula is C19H20ClN3O3S. The summed E-state index contributed by atoms with van der Waals surface area (Å²) in [5.74, 6) is 0.133. The van der Waals surface area contributed by atoms with Gasteiger partial charge in [-0.25, -0.2) is 0 Å². The average Bonchev–Trinajstić information content (AvgIpc) is 2.65. The van der Waals surface area contributed by atoms with Crippen molar-refractivity contribution in [1.82, 2.24) is 16.2 Å². The molecule has 2 amide bonds. The Labute approximate surface area is 168 Å². The number of ether oxygens (including phenoxy) is 1. The highest BCUT2D eigenvalue weighted by atomic mass is 35.5. The van der Waals surface area contributed by atoms with Crippen molar-refractivity contribution < 1.29 is 14.3 Å². The maximum Gasteiger partial charge on any atom is 0.276 e. The maximum atomic E-state index is 12.0. The number of hydrazine groups is 1. The molecule has 0 saturated heterocycles. The monoisotopic (exact) mass is 405 g/mol. The van der Waals surface area contributed by atoms with E-state index in [1.54, 1.807) is 18.2 Å². The number of carbonyl (C=O) groups is 2. The van der Waals surface area contributed by atoms with Gasteiger partial charge in [-0.2, -0.15) is 0 Å². The molecule has 2 aromatic carbocycles. The molecule has 0 aromatic heterocycles. The Hall–Kier alpha value is -2.64. The highest BCUT2D eigenvalue weighted by Crippen LogP contribution is 2.18. The van der Waals surface area contributed by atoms with E-state index in [-0.39, 0.29) is 11.7 Å². The predicted molar refractivity (Wildman–Crippen MR) is 109 cm³/mol. The van der Waals surface area contributed by atoms with Crippen molar-refractivity contribution >= 4 is 40.7 Å². The molecule has 0 atom stereocenters. The molecule has 0 radical (unpaired) electrons. The van der Waals surface area contributed by atoms with Crippen LogP contribution in [-0.4, -0.2) is 23.5 Å². The Kier molecular flexibility index (Phi) is 7.57. The number of hydrogen-bond donors (Lipinski definition) is 3. The molecule has 0 fully saturated rings. The number of hydrogen-bond acceptors (Lipinski definition) is 4. The van der Waals surface area contributed by atoms with Crippen LogP contribution in [0.3, 0.4) is 0 Å². The van der Waals surface area contributed by atoms with Gasteiger partial charge < -0.3 is 4.74 Å². The Bertz CT molecular complexity index is 825. The van der Waals surface area contributed by atoms with E-state index in [4.69, 9.17) is 28.6 Å². The van der Waals surface area contributed by atoms with Gasteiger partial charge in [-0.3, -0.25) is 25.8 Å². The first-order valence-corrected chi connectivity index (χ1v) is 9.02. The summed E-state index contributed by atoms with van der Waals surface area (Å²) in [4.78, 5) is 23.8. The normalized spacial score (nSPS) is 10.2.